The highest BCUT2D eigenvalue weighted by Gasteiger charge is 2.19. The van der Waals surface area contributed by atoms with Gasteiger partial charge in [-0.2, -0.15) is 0 Å². The first-order chi connectivity index (χ1) is 9.69. The molecule has 0 spiro atoms. The molecule has 1 heterocycles. The second-order valence-corrected chi connectivity index (χ2v) is 5.62. The van der Waals surface area contributed by atoms with Gasteiger partial charge in [0.2, 0.25) is 0 Å². The van der Waals surface area contributed by atoms with Crippen LogP contribution in [0.25, 0.3) is 0 Å². The fourth-order valence-corrected chi connectivity index (χ4v) is 2.93. The molecule has 0 atom stereocenters. The molecular weight excluding hydrogens is 252 g/mol. The van der Waals surface area contributed by atoms with Crippen LogP contribution in [0.15, 0.2) is 24.3 Å². The maximum atomic E-state index is 10.9. The summed E-state index contributed by atoms with van der Waals surface area (Å²) in [6, 6.07) is 7.89. The Hall–Kier alpha value is -1.39. The third-order valence-corrected chi connectivity index (χ3v) is 4.05. The van der Waals surface area contributed by atoms with E-state index in [4.69, 9.17) is 5.11 Å². The smallest absolute Gasteiger partial charge is 0.307 e. The van der Waals surface area contributed by atoms with Gasteiger partial charge in [-0.15, -0.1) is 0 Å². The number of carboxylic acids is 1. The lowest BCUT2D eigenvalue weighted by atomic mass is 9.96. The Bertz CT molecular complexity index is 440. The van der Waals surface area contributed by atoms with Gasteiger partial charge in [0.15, 0.2) is 0 Å². The van der Waals surface area contributed by atoms with Crippen molar-refractivity contribution in [3.8, 4) is 0 Å². The number of hydrogen-bond acceptors (Lipinski definition) is 3. The molecule has 0 aliphatic carbocycles. The average Bonchev–Trinajstić information content (AvgIpc) is 2.43. The van der Waals surface area contributed by atoms with E-state index < -0.39 is 5.97 Å². The molecule has 110 valence electrons. The van der Waals surface area contributed by atoms with E-state index in [1.165, 1.54) is 12.8 Å². The third-order valence-electron chi connectivity index (χ3n) is 4.05. The van der Waals surface area contributed by atoms with E-state index in [0.29, 0.717) is 0 Å². The van der Waals surface area contributed by atoms with E-state index in [2.05, 4.69) is 16.3 Å². The first kappa shape index (κ1) is 15.0. The van der Waals surface area contributed by atoms with Crippen molar-refractivity contribution in [2.24, 2.45) is 5.92 Å². The minimum atomic E-state index is -0.759. The largest absolute Gasteiger partial charge is 0.481 e. The summed E-state index contributed by atoms with van der Waals surface area (Å²) in [4.78, 5) is 13.3. The molecule has 4 heteroatoms. The molecule has 1 aromatic carbocycles. The van der Waals surface area contributed by atoms with Crippen molar-refractivity contribution >= 4 is 5.97 Å². The minimum Gasteiger partial charge on any atom is -0.481 e. The van der Waals surface area contributed by atoms with Crippen molar-refractivity contribution in [3.05, 3.63) is 35.4 Å². The van der Waals surface area contributed by atoms with Gasteiger partial charge in [-0.3, -0.25) is 9.69 Å². The number of carbonyl (C=O) groups is 1. The van der Waals surface area contributed by atoms with Gasteiger partial charge in [-0.05, 0) is 56.6 Å². The number of nitrogens with one attached hydrogen (secondary N) is 1. The van der Waals surface area contributed by atoms with Gasteiger partial charge >= 0.3 is 5.97 Å². The van der Waals surface area contributed by atoms with Crippen LogP contribution >= 0.6 is 0 Å². The quantitative estimate of drug-likeness (QED) is 0.831. The molecule has 1 saturated heterocycles. The van der Waals surface area contributed by atoms with Gasteiger partial charge in [-0.1, -0.05) is 24.3 Å². The van der Waals surface area contributed by atoms with Crippen molar-refractivity contribution in [2.75, 3.05) is 26.7 Å². The van der Waals surface area contributed by atoms with E-state index in [0.717, 1.165) is 43.2 Å². The summed E-state index contributed by atoms with van der Waals surface area (Å²) >= 11 is 0. The van der Waals surface area contributed by atoms with E-state index >= 15 is 0 Å². The van der Waals surface area contributed by atoms with Crippen molar-refractivity contribution in [3.63, 3.8) is 0 Å². The van der Waals surface area contributed by atoms with Gasteiger partial charge in [0, 0.05) is 6.54 Å². The minimum absolute atomic E-state index is 0.117. The van der Waals surface area contributed by atoms with Crippen molar-refractivity contribution in [2.45, 2.75) is 25.8 Å². The molecule has 2 N–H and O–H groups in total. The zero-order valence-electron chi connectivity index (χ0n) is 12.1. The highest BCUT2D eigenvalue weighted by molar-refractivity contribution is 5.70. The molecule has 1 aliphatic heterocycles. The second-order valence-electron chi connectivity index (χ2n) is 5.62. The van der Waals surface area contributed by atoms with Crippen LogP contribution in [0.2, 0.25) is 0 Å². The summed E-state index contributed by atoms with van der Waals surface area (Å²) in [5, 5.41) is 12.2. The predicted octanol–water partition coefficient (Wildman–Crippen LogP) is 1.75. The van der Waals surface area contributed by atoms with Crippen molar-refractivity contribution in [1.29, 1.82) is 0 Å². The standard InChI is InChI=1S/C16H24N2O2/c1-17-11-13-6-8-18(9-7-13)12-15-5-3-2-4-14(15)10-16(19)20/h2-5,13,17H,6-12H2,1H3,(H,19,20). The molecule has 2 rings (SSSR count). The zero-order chi connectivity index (χ0) is 14.4. The highest BCUT2D eigenvalue weighted by Crippen LogP contribution is 2.20. The number of nitrogens with zero attached hydrogens (tertiary/aromatic N) is 1. The fraction of sp³-hybridized carbons (Fsp3) is 0.562. The fourth-order valence-electron chi connectivity index (χ4n) is 2.93. The lowest BCUT2D eigenvalue weighted by Crippen LogP contribution is -2.36. The Balaban J connectivity index is 1.92. The zero-order valence-corrected chi connectivity index (χ0v) is 12.1. The van der Waals surface area contributed by atoms with Crippen LogP contribution in [-0.2, 0) is 17.8 Å². The molecular formula is C16H24N2O2. The van der Waals surface area contributed by atoms with Crippen LogP contribution in [0.5, 0.6) is 0 Å². The summed E-state index contributed by atoms with van der Waals surface area (Å²) in [6.07, 6.45) is 2.57. The van der Waals surface area contributed by atoms with Gasteiger partial charge in [-0.25, -0.2) is 0 Å². The van der Waals surface area contributed by atoms with Crippen LogP contribution < -0.4 is 5.32 Å². The topological polar surface area (TPSA) is 52.6 Å². The number of rotatable bonds is 6. The predicted molar refractivity (Wildman–Crippen MR) is 79.7 cm³/mol. The number of benzene rings is 1. The molecule has 1 aromatic rings. The normalized spacial score (nSPS) is 17.2. The summed E-state index contributed by atoms with van der Waals surface area (Å²) in [5.41, 5.74) is 2.10. The summed E-state index contributed by atoms with van der Waals surface area (Å²) in [6.45, 7) is 4.18. The van der Waals surface area contributed by atoms with Crippen molar-refractivity contribution < 1.29 is 9.90 Å². The highest BCUT2D eigenvalue weighted by atomic mass is 16.4. The molecule has 0 amide bonds. The Morgan fingerprint density at radius 1 is 1.30 bits per heavy atom. The molecule has 20 heavy (non-hydrogen) atoms. The van der Waals surface area contributed by atoms with Crippen molar-refractivity contribution in [1.82, 2.24) is 10.2 Å². The number of hydrogen-bond donors (Lipinski definition) is 2. The van der Waals surface area contributed by atoms with E-state index in [-0.39, 0.29) is 6.42 Å². The Kier molecular flexibility index (Phi) is 5.56. The monoisotopic (exact) mass is 276 g/mol. The van der Waals surface area contributed by atoms with Gasteiger partial charge in [0.1, 0.15) is 0 Å². The summed E-state index contributed by atoms with van der Waals surface area (Å²) in [7, 11) is 2.01. The van der Waals surface area contributed by atoms with E-state index in [1.54, 1.807) is 0 Å². The van der Waals surface area contributed by atoms with Gasteiger partial charge < -0.3 is 10.4 Å². The number of carboxylic acid groups (broad SMARTS) is 1. The second kappa shape index (κ2) is 7.41. The molecule has 4 nitrogen and oxygen atoms in total. The lowest BCUT2D eigenvalue weighted by Gasteiger charge is -2.32. The number of piperidine rings is 1. The van der Waals surface area contributed by atoms with Gasteiger partial charge in [0.05, 0.1) is 6.42 Å². The van der Waals surface area contributed by atoms with Gasteiger partial charge in [0.25, 0.3) is 0 Å². The molecule has 1 fully saturated rings. The van der Waals surface area contributed by atoms with Crippen LogP contribution in [0.4, 0.5) is 0 Å². The SMILES string of the molecule is CNCC1CCN(Cc2ccccc2CC(=O)O)CC1. The third kappa shape index (κ3) is 4.32. The Morgan fingerprint density at radius 2 is 1.95 bits per heavy atom. The Labute approximate surface area is 120 Å². The number of likely N-dealkylation sites (tertiary alicyclic amines) is 1. The maximum Gasteiger partial charge on any atom is 0.307 e. The first-order valence-corrected chi connectivity index (χ1v) is 7.34. The number of aliphatic carboxylic acids is 1. The van der Waals surface area contributed by atoms with Crippen LogP contribution in [0, 0.1) is 5.92 Å². The lowest BCUT2D eigenvalue weighted by molar-refractivity contribution is -0.136. The molecule has 0 radical (unpaired) electrons. The molecule has 0 bridgehead atoms. The summed E-state index contributed by atoms with van der Waals surface area (Å²) < 4.78 is 0. The molecule has 0 aromatic heterocycles. The first-order valence-electron chi connectivity index (χ1n) is 7.34. The molecule has 1 aliphatic rings. The Morgan fingerprint density at radius 3 is 2.55 bits per heavy atom. The molecule has 0 unspecified atom stereocenters. The maximum absolute atomic E-state index is 10.9. The van der Waals surface area contributed by atoms with Crippen LogP contribution in [0.1, 0.15) is 24.0 Å². The van der Waals surface area contributed by atoms with E-state index in [1.807, 2.05) is 25.2 Å². The summed E-state index contributed by atoms with van der Waals surface area (Å²) in [5.74, 6) is 0.0238. The van der Waals surface area contributed by atoms with Crippen LogP contribution in [-0.4, -0.2) is 42.7 Å². The molecule has 0 saturated carbocycles. The van der Waals surface area contributed by atoms with E-state index in [9.17, 15) is 4.79 Å². The van der Waals surface area contributed by atoms with Crippen LogP contribution in [0.3, 0.4) is 0 Å². The average molecular weight is 276 g/mol.